The van der Waals surface area contributed by atoms with Gasteiger partial charge in [-0.1, -0.05) is 37.6 Å². The number of benzene rings is 2. The average Bonchev–Trinajstić information content (AvgIpc) is 3.30. The smallest absolute Gasteiger partial charge is 0.408 e. The molecule has 1 saturated heterocycles. The summed E-state index contributed by atoms with van der Waals surface area (Å²) >= 11 is 0. The van der Waals surface area contributed by atoms with Gasteiger partial charge in [-0.15, -0.1) is 0 Å². The number of methoxy groups -OCH3 is 1. The Bertz CT molecular complexity index is 1210. The molecule has 1 fully saturated rings. The maximum Gasteiger partial charge on any atom is 0.408 e. The van der Waals surface area contributed by atoms with Crippen LogP contribution in [0.25, 0.3) is 5.57 Å². The van der Waals surface area contributed by atoms with E-state index in [0.29, 0.717) is 12.5 Å². The third-order valence-electron chi connectivity index (χ3n) is 8.05. The molecule has 6 heteroatoms. The van der Waals surface area contributed by atoms with E-state index in [4.69, 9.17) is 9.47 Å². The standard InChI is InChI=1S/C33H46N2O4/c1-22(2)16-24-8-9-27(31(17-24)38-7)21-39-29-12-13-30-23(3)26(11-10-25(30)18-29)19-34-15-14-28(20-34)35(32(36)37)33(4,5)6/h8-9,12-13,17-18,22,28H,10-11,14-16,19-21H2,1-7H3,(H,36,37). The van der Waals surface area contributed by atoms with Crippen molar-refractivity contribution < 1.29 is 19.4 Å². The fourth-order valence-corrected chi connectivity index (χ4v) is 6.19. The van der Waals surface area contributed by atoms with Crippen molar-refractivity contribution in [3.8, 4) is 11.5 Å². The van der Waals surface area contributed by atoms with E-state index in [-0.39, 0.29) is 6.04 Å². The highest BCUT2D eigenvalue weighted by atomic mass is 16.5. The van der Waals surface area contributed by atoms with Gasteiger partial charge in [0.1, 0.15) is 18.1 Å². The highest BCUT2D eigenvalue weighted by Gasteiger charge is 2.37. The third-order valence-corrected chi connectivity index (χ3v) is 8.05. The van der Waals surface area contributed by atoms with E-state index in [9.17, 15) is 9.90 Å². The SMILES string of the molecule is COc1cc(CC(C)C)ccc1COc1ccc2c(c1)CCC(CN1CCC(N(C(=O)O)C(C)(C)C)C1)=C2C. The molecule has 212 valence electrons. The maximum absolute atomic E-state index is 11.9. The van der Waals surface area contributed by atoms with Crippen molar-refractivity contribution in [2.24, 2.45) is 5.92 Å². The van der Waals surface area contributed by atoms with Crippen LogP contribution in [-0.2, 0) is 19.4 Å². The molecule has 1 atom stereocenters. The van der Waals surface area contributed by atoms with Crippen LogP contribution in [0.3, 0.4) is 0 Å². The van der Waals surface area contributed by atoms with Gasteiger partial charge in [-0.25, -0.2) is 4.79 Å². The van der Waals surface area contributed by atoms with Gasteiger partial charge >= 0.3 is 6.09 Å². The van der Waals surface area contributed by atoms with E-state index >= 15 is 0 Å². The minimum absolute atomic E-state index is 0.0454. The summed E-state index contributed by atoms with van der Waals surface area (Å²) in [5.74, 6) is 2.37. The summed E-state index contributed by atoms with van der Waals surface area (Å²) in [4.78, 5) is 16.0. The topological polar surface area (TPSA) is 62.2 Å². The normalized spacial score (nSPS) is 17.9. The van der Waals surface area contributed by atoms with Crippen molar-refractivity contribution in [3.63, 3.8) is 0 Å². The first-order valence-corrected chi connectivity index (χ1v) is 14.3. The Labute approximate surface area is 234 Å². The number of rotatable bonds is 9. The van der Waals surface area contributed by atoms with Crippen LogP contribution >= 0.6 is 0 Å². The van der Waals surface area contributed by atoms with Gasteiger partial charge in [0.25, 0.3) is 0 Å². The fraction of sp³-hybridized carbons (Fsp3) is 0.545. The Morgan fingerprint density at radius 3 is 2.59 bits per heavy atom. The molecule has 1 amide bonds. The maximum atomic E-state index is 11.9. The lowest BCUT2D eigenvalue weighted by Crippen LogP contribution is -2.52. The van der Waals surface area contributed by atoms with Crippen molar-refractivity contribution >= 4 is 11.7 Å². The molecule has 1 N–H and O–H groups in total. The van der Waals surface area contributed by atoms with E-state index in [1.165, 1.54) is 27.8 Å². The zero-order chi connectivity index (χ0) is 28.3. The summed E-state index contributed by atoms with van der Waals surface area (Å²) in [6.45, 7) is 15.7. The highest BCUT2D eigenvalue weighted by Crippen LogP contribution is 2.35. The molecule has 2 aromatic carbocycles. The first-order valence-electron chi connectivity index (χ1n) is 14.3. The Kier molecular flexibility index (Phi) is 8.95. The number of hydrogen-bond donors (Lipinski definition) is 1. The number of fused-ring (bicyclic) bond motifs is 1. The molecular formula is C33H46N2O4. The lowest BCUT2D eigenvalue weighted by Gasteiger charge is -2.38. The summed E-state index contributed by atoms with van der Waals surface area (Å²) in [6, 6.07) is 12.9. The number of carboxylic acid groups (broad SMARTS) is 1. The van der Waals surface area contributed by atoms with Gasteiger partial charge < -0.3 is 14.6 Å². The molecule has 0 aromatic heterocycles. The number of ether oxygens (including phenoxy) is 2. The number of nitrogens with zero attached hydrogens (tertiary/aromatic N) is 2. The minimum Gasteiger partial charge on any atom is -0.496 e. The third kappa shape index (κ3) is 6.96. The second kappa shape index (κ2) is 12.0. The Balaban J connectivity index is 1.40. The highest BCUT2D eigenvalue weighted by molar-refractivity contribution is 5.72. The van der Waals surface area contributed by atoms with Crippen LogP contribution in [0, 0.1) is 5.92 Å². The van der Waals surface area contributed by atoms with E-state index in [0.717, 1.165) is 62.4 Å². The minimum atomic E-state index is -0.823. The van der Waals surface area contributed by atoms with Crippen molar-refractivity contribution in [3.05, 3.63) is 64.2 Å². The van der Waals surface area contributed by atoms with Crippen LogP contribution in [0.1, 0.15) is 76.6 Å². The fourth-order valence-electron chi connectivity index (χ4n) is 6.19. The van der Waals surface area contributed by atoms with Crippen LogP contribution in [0.2, 0.25) is 0 Å². The molecule has 39 heavy (non-hydrogen) atoms. The van der Waals surface area contributed by atoms with E-state index in [1.807, 2.05) is 20.8 Å². The summed E-state index contributed by atoms with van der Waals surface area (Å²) in [6.07, 6.45) is 3.12. The van der Waals surface area contributed by atoms with E-state index in [2.05, 4.69) is 62.1 Å². The van der Waals surface area contributed by atoms with Crippen molar-refractivity contribution in [2.75, 3.05) is 26.7 Å². The van der Waals surface area contributed by atoms with Gasteiger partial charge in [-0.3, -0.25) is 9.80 Å². The monoisotopic (exact) mass is 534 g/mol. The quantitative estimate of drug-likeness (QED) is 0.374. The van der Waals surface area contributed by atoms with Gasteiger partial charge in [0.15, 0.2) is 0 Å². The van der Waals surface area contributed by atoms with Crippen molar-refractivity contribution in [1.82, 2.24) is 9.80 Å². The number of aryl methyl sites for hydroxylation is 1. The lowest BCUT2D eigenvalue weighted by molar-refractivity contribution is 0.0725. The van der Waals surface area contributed by atoms with Gasteiger partial charge in [0, 0.05) is 36.8 Å². The zero-order valence-corrected chi connectivity index (χ0v) is 24.8. The predicted molar refractivity (Wildman–Crippen MR) is 158 cm³/mol. The number of likely N-dealkylation sites (tertiary alicyclic amines) is 1. The molecule has 1 aliphatic carbocycles. The number of amides is 1. The van der Waals surface area contributed by atoms with Crippen LogP contribution in [0.5, 0.6) is 11.5 Å². The predicted octanol–water partition coefficient (Wildman–Crippen LogP) is 7.05. The molecule has 2 aliphatic rings. The molecule has 0 saturated carbocycles. The van der Waals surface area contributed by atoms with Gasteiger partial charge in [-0.05, 0) is 99.8 Å². The average molecular weight is 535 g/mol. The second-order valence-electron chi connectivity index (χ2n) is 12.6. The molecular weight excluding hydrogens is 488 g/mol. The van der Waals surface area contributed by atoms with Crippen LogP contribution < -0.4 is 9.47 Å². The summed E-state index contributed by atoms with van der Waals surface area (Å²) < 4.78 is 11.9. The molecule has 0 bridgehead atoms. The van der Waals surface area contributed by atoms with Gasteiger partial charge in [-0.2, -0.15) is 0 Å². The molecule has 0 spiro atoms. The molecule has 6 nitrogen and oxygen atoms in total. The van der Waals surface area contributed by atoms with Crippen LogP contribution in [0.4, 0.5) is 4.79 Å². The van der Waals surface area contributed by atoms with E-state index in [1.54, 1.807) is 12.0 Å². The van der Waals surface area contributed by atoms with Gasteiger partial charge in [0.2, 0.25) is 0 Å². The molecule has 1 heterocycles. The molecule has 2 aromatic rings. The summed E-state index contributed by atoms with van der Waals surface area (Å²) in [7, 11) is 1.72. The summed E-state index contributed by atoms with van der Waals surface area (Å²) in [5.41, 5.74) is 7.38. The number of carbonyl (C=O) groups is 1. The van der Waals surface area contributed by atoms with E-state index < -0.39 is 11.6 Å². The van der Waals surface area contributed by atoms with Crippen molar-refractivity contribution in [2.45, 2.75) is 85.4 Å². The molecule has 0 radical (unpaired) electrons. The van der Waals surface area contributed by atoms with Crippen LogP contribution in [-0.4, -0.2) is 59.3 Å². The lowest BCUT2D eigenvalue weighted by atomic mass is 9.86. The molecule has 1 aliphatic heterocycles. The molecule has 4 rings (SSSR count). The number of hydrogen-bond acceptors (Lipinski definition) is 4. The number of allylic oxidation sites excluding steroid dienone is 1. The van der Waals surface area contributed by atoms with Crippen LogP contribution in [0.15, 0.2) is 42.0 Å². The Hall–Kier alpha value is -2.99. The first kappa shape index (κ1) is 29.0. The zero-order valence-electron chi connectivity index (χ0n) is 24.8. The second-order valence-corrected chi connectivity index (χ2v) is 12.6. The van der Waals surface area contributed by atoms with Gasteiger partial charge in [0.05, 0.1) is 7.11 Å². The Morgan fingerprint density at radius 1 is 1.15 bits per heavy atom. The van der Waals surface area contributed by atoms with Crippen molar-refractivity contribution in [1.29, 1.82) is 0 Å². The first-order chi connectivity index (χ1) is 18.5. The Morgan fingerprint density at radius 2 is 1.92 bits per heavy atom. The largest absolute Gasteiger partial charge is 0.496 e. The summed E-state index contributed by atoms with van der Waals surface area (Å²) in [5, 5.41) is 9.80. The molecule has 1 unspecified atom stereocenters.